The van der Waals surface area contributed by atoms with Crippen LogP contribution in [0.2, 0.25) is 0 Å². The third-order valence-corrected chi connectivity index (χ3v) is 19.9. The first-order chi connectivity index (χ1) is 33.5. The van der Waals surface area contributed by atoms with Gasteiger partial charge in [0.1, 0.15) is 0 Å². The first-order valence-corrected chi connectivity index (χ1v) is 27.9. The lowest BCUT2D eigenvalue weighted by atomic mass is 9.33. The van der Waals surface area contributed by atoms with E-state index in [1.807, 2.05) is 45.3 Å². The Bertz CT molecular complexity index is 3690. The molecule has 7 heteroatoms. The van der Waals surface area contributed by atoms with Gasteiger partial charge in [-0.3, -0.25) is 0 Å². The van der Waals surface area contributed by atoms with Crippen LogP contribution in [-0.2, 0) is 10.8 Å². The smallest absolute Gasteiger partial charge is 0.256 e. The van der Waals surface area contributed by atoms with Gasteiger partial charge in [-0.1, -0.05) is 126 Å². The maximum Gasteiger partial charge on any atom is 0.256 e. The summed E-state index contributed by atoms with van der Waals surface area (Å²) < 4.78 is 5.33. The second-order valence-corrected chi connectivity index (χ2v) is 26.2. The van der Waals surface area contributed by atoms with Crippen molar-refractivity contribution in [1.29, 1.82) is 0 Å². The highest BCUT2D eigenvalue weighted by Crippen LogP contribution is 2.54. The number of thiophene rings is 4. The lowest BCUT2D eigenvalue weighted by Crippen LogP contribution is -2.60. The van der Waals surface area contributed by atoms with Crippen LogP contribution in [-0.4, -0.2) is 6.71 Å². The average molecular weight is 979 g/mol. The van der Waals surface area contributed by atoms with Gasteiger partial charge in [-0.2, -0.15) is 0 Å². The van der Waals surface area contributed by atoms with E-state index in [-0.39, 0.29) is 17.5 Å². The Morgan fingerprint density at radius 2 is 0.843 bits per heavy atom. The van der Waals surface area contributed by atoms with Gasteiger partial charge in [-0.15, -0.1) is 45.3 Å². The van der Waals surface area contributed by atoms with Crippen molar-refractivity contribution in [3.8, 4) is 20.9 Å². The lowest BCUT2D eigenvalue weighted by molar-refractivity contribution is 0.591. The first-order valence-electron chi connectivity index (χ1n) is 24.6. The molecule has 0 N–H and O–H groups in total. The number of rotatable bonds is 4. The monoisotopic (exact) mass is 978 g/mol. The largest absolute Gasteiger partial charge is 0.302 e. The number of hydrogen-bond donors (Lipinski definition) is 0. The molecule has 0 unspecified atom stereocenters. The van der Waals surface area contributed by atoms with Crippen LogP contribution in [0.1, 0.15) is 80.5 Å². The number of nitrogens with zero attached hydrogens (tertiary/aromatic N) is 2. The molecule has 0 amide bonds. The summed E-state index contributed by atoms with van der Waals surface area (Å²) in [6.45, 7) is 25.9. The number of anilines is 6. The van der Waals surface area contributed by atoms with Crippen LogP contribution in [0.15, 0.2) is 133 Å². The van der Waals surface area contributed by atoms with Crippen molar-refractivity contribution in [2.24, 2.45) is 0 Å². The zero-order valence-electron chi connectivity index (χ0n) is 41.8. The maximum absolute atomic E-state index is 2.71. The van der Waals surface area contributed by atoms with Gasteiger partial charge in [0.25, 0.3) is 6.71 Å². The van der Waals surface area contributed by atoms with Crippen LogP contribution in [0.3, 0.4) is 0 Å². The summed E-state index contributed by atoms with van der Waals surface area (Å²) in [6, 6.07) is 51.7. The van der Waals surface area contributed by atoms with Crippen LogP contribution in [0, 0.1) is 34.6 Å². The third kappa shape index (κ3) is 6.54. The molecule has 0 atom stereocenters. The maximum atomic E-state index is 2.71. The van der Waals surface area contributed by atoms with E-state index in [1.165, 1.54) is 149 Å². The Morgan fingerprint density at radius 3 is 1.26 bits per heavy atom. The number of hydrogen-bond acceptors (Lipinski definition) is 6. The molecule has 2 aliphatic heterocycles. The highest BCUT2D eigenvalue weighted by atomic mass is 32.1. The third-order valence-electron chi connectivity index (χ3n) is 15.3. The second kappa shape index (κ2) is 15.5. The van der Waals surface area contributed by atoms with E-state index in [0.717, 1.165) is 0 Å². The Labute approximate surface area is 428 Å². The van der Waals surface area contributed by atoms with Crippen LogP contribution in [0.25, 0.3) is 61.2 Å². The fourth-order valence-corrected chi connectivity index (χ4v) is 16.4. The predicted molar refractivity (Wildman–Crippen MR) is 314 cm³/mol. The number of aryl methyl sites for hydroxylation is 3. The Balaban J connectivity index is 1.16. The first kappa shape index (κ1) is 44.0. The van der Waals surface area contributed by atoms with Gasteiger partial charge in [0.2, 0.25) is 0 Å². The topological polar surface area (TPSA) is 6.48 Å². The van der Waals surface area contributed by atoms with Gasteiger partial charge >= 0.3 is 0 Å². The SMILES string of the molecule is Cc1cc2c3c(c1)N(c1c(C)ccc(-c4cc5ccccc5s4)c1C)c1sc4ccc(C(C)(C)C)cc4c1B3c1c(sc3ccc(C(C)(C)C)cc13)N2c1c(C)ccc(-c2cc3ccccc3s2)c1C. The fraction of sp³-hybridized carbons (Fsp3) is 0.206. The van der Waals surface area contributed by atoms with Crippen molar-refractivity contribution >= 4 is 142 Å². The highest BCUT2D eigenvalue weighted by Gasteiger charge is 2.48. The van der Waals surface area contributed by atoms with Crippen molar-refractivity contribution in [3.05, 3.63) is 172 Å². The normalized spacial score (nSPS) is 13.6. The molecule has 0 bridgehead atoms. The van der Waals surface area contributed by atoms with Crippen molar-refractivity contribution in [1.82, 2.24) is 0 Å². The van der Waals surface area contributed by atoms with Gasteiger partial charge < -0.3 is 9.80 Å². The van der Waals surface area contributed by atoms with Crippen molar-refractivity contribution in [3.63, 3.8) is 0 Å². The minimum absolute atomic E-state index is 0.00816. The molecule has 13 rings (SSSR count). The van der Waals surface area contributed by atoms with Gasteiger partial charge in [0.15, 0.2) is 0 Å². The van der Waals surface area contributed by atoms with Crippen LogP contribution in [0.5, 0.6) is 0 Å². The summed E-state index contributed by atoms with van der Waals surface area (Å²) in [7, 11) is 0. The minimum atomic E-state index is -0.0109. The molecule has 0 saturated heterocycles. The second-order valence-electron chi connectivity index (χ2n) is 22.0. The molecule has 6 heterocycles. The van der Waals surface area contributed by atoms with Gasteiger partial charge in [0.05, 0.1) is 21.4 Å². The number of benzene rings is 7. The molecule has 0 radical (unpaired) electrons. The zero-order chi connectivity index (χ0) is 48.3. The van der Waals surface area contributed by atoms with Crippen molar-refractivity contribution < 1.29 is 0 Å². The predicted octanol–water partition coefficient (Wildman–Crippen LogP) is 18.1. The molecule has 7 aromatic carbocycles. The summed E-state index contributed by atoms with van der Waals surface area (Å²) in [5, 5.41) is 8.02. The molecule has 0 aliphatic carbocycles. The summed E-state index contributed by atoms with van der Waals surface area (Å²) >= 11 is 7.75. The van der Waals surface area contributed by atoms with E-state index in [2.05, 4.69) is 219 Å². The van der Waals surface area contributed by atoms with E-state index in [1.54, 1.807) is 0 Å². The molecule has 11 aromatic rings. The Kier molecular flexibility index (Phi) is 9.76. The summed E-state index contributed by atoms with van der Waals surface area (Å²) in [6.07, 6.45) is 0. The summed E-state index contributed by atoms with van der Waals surface area (Å²) in [4.78, 5) is 8.05. The van der Waals surface area contributed by atoms with Crippen molar-refractivity contribution in [2.75, 3.05) is 9.80 Å². The molecule has 2 aliphatic rings. The summed E-state index contributed by atoms with van der Waals surface area (Å²) in [5.74, 6) is 0. The molecule has 0 spiro atoms. The van der Waals surface area contributed by atoms with Gasteiger partial charge in [-0.05, 0) is 182 Å². The number of fused-ring (bicyclic) bond motifs is 10. The van der Waals surface area contributed by atoms with Crippen LogP contribution >= 0.6 is 45.3 Å². The van der Waals surface area contributed by atoms with E-state index in [4.69, 9.17) is 0 Å². The standard InChI is InChI=1S/C63H55BN2S4/c1-34-28-47-57-48(29-34)66(59-36(3)21-25-44(38(59)5)54-31-40-17-13-15-19-50(40)68-54)61-56(46-33-42(63(9,10)11)23-27-52(46)70-61)64(57)55-45-32-41(62(6,7)8)22-26-51(45)69-60(55)65(47)58-35(2)20-24-43(37(58)4)53-30-39-16-12-14-18-49(39)67-53/h12-33H,1-11H3. The molecule has 0 fully saturated rings. The Hall–Kier alpha value is -5.96. The molecule has 2 nitrogen and oxygen atoms in total. The molecule has 4 aromatic heterocycles. The van der Waals surface area contributed by atoms with E-state index in [0.29, 0.717) is 0 Å². The lowest BCUT2D eigenvalue weighted by Gasteiger charge is -2.43. The molecule has 0 saturated carbocycles. The molecular weight excluding hydrogens is 924 g/mol. The van der Waals surface area contributed by atoms with Gasteiger partial charge in [-0.25, -0.2) is 0 Å². The fourth-order valence-electron chi connectivity index (χ4n) is 11.7. The van der Waals surface area contributed by atoms with Crippen molar-refractivity contribution in [2.45, 2.75) is 87.0 Å². The van der Waals surface area contributed by atoms with E-state index < -0.39 is 0 Å². The summed E-state index contributed by atoms with van der Waals surface area (Å²) in [5.41, 5.74) is 21.2. The zero-order valence-corrected chi connectivity index (χ0v) is 45.1. The highest BCUT2D eigenvalue weighted by molar-refractivity contribution is 7.29. The Morgan fingerprint density at radius 1 is 0.414 bits per heavy atom. The quantitative estimate of drug-likeness (QED) is 0.162. The van der Waals surface area contributed by atoms with Crippen LogP contribution < -0.4 is 26.2 Å². The molecular formula is C63H55BN2S4. The molecule has 70 heavy (non-hydrogen) atoms. The van der Waals surface area contributed by atoms with Gasteiger partial charge in [0, 0.05) is 39.9 Å². The molecule has 344 valence electrons. The van der Waals surface area contributed by atoms with Crippen LogP contribution in [0.4, 0.5) is 32.8 Å². The minimum Gasteiger partial charge on any atom is -0.302 e. The van der Waals surface area contributed by atoms with E-state index >= 15 is 0 Å². The van der Waals surface area contributed by atoms with E-state index in [9.17, 15) is 0 Å². The average Bonchev–Trinajstić information content (AvgIpc) is 4.12.